The zero-order valence-corrected chi connectivity index (χ0v) is 11.8. The number of hydrogen-bond donors (Lipinski definition) is 0. The third kappa shape index (κ3) is 3.85. The number of carbonyl (C=O) groups is 1. The minimum atomic E-state index is -0.112. The van der Waals surface area contributed by atoms with E-state index in [1.807, 2.05) is 6.07 Å². The molecule has 2 rings (SSSR count). The number of rotatable bonds is 6. The van der Waals surface area contributed by atoms with E-state index in [9.17, 15) is 4.79 Å². The second-order valence-electron chi connectivity index (χ2n) is 4.59. The Morgan fingerprint density at radius 3 is 2.83 bits per heavy atom. The van der Waals surface area contributed by atoms with E-state index in [4.69, 9.17) is 16.3 Å². The molecule has 1 heterocycles. The molecule has 1 aromatic heterocycles. The molecule has 4 nitrogen and oxygen atoms in total. The molecular weight excluding hydrogens is 272 g/mol. The second-order valence-corrected chi connectivity index (χ2v) is 5.97. The normalized spacial score (nSPS) is 16.3. The van der Waals surface area contributed by atoms with Gasteiger partial charge in [-0.25, -0.2) is 0 Å². The Labute approximate surface area is 115 Å². The van der Waals surface area contributed by atoms with Crippen molar-refractivity contribution in [1.29, 1.82) is 0 Å². The molecule has 0 radical (unpaired) electrons. The predicted octanol–water partition coefficient (Wildman–Crippen LogP) is 2.71. The topological polar surface area (TPSA) is 52.1 Å². The van der Waals surface area contributed by atoms with Crippen molar-refractivity contribution < 1.29 is 9.53 Å². The van der Waals surface area contributed by atoms with Crippen molar-refractivity contribution in [1.82, 2.24) is 10.2 Å². The maximum absolute atomic E-state index is 11.3. The molecule has 0 spiro atoms. The summed E-state index contributed by atoms with van der Waals surface area (Å²) in [7, 11) is 1.44. The van der Waals surface area contributed by atoms with Gasteiger partial charge in [-0.3, -0.25) is 4.79 Å². The lowest BCUT2D eigenvalue weighted by Crippen LogP contribution is -2.13. The van der Waals surface area contributed by atoms with E-state index in [1.54, 1.807) is 17.8 Å². The molecule has 6 heteroatoms. The number of aromatic nitrogens is 2. The number of ether oxygens (including phenoxy) is 1. The van der Waals surface area contributed by atoms with Crippen LogP contribution in [-0.4, -0.2) is 29.0 Å². The van der Waals surface area contributed by atoms with Gasteiger partial charge in [0.05, 0.1) is 19.2 Å². The smallest absolute Gasteiger partial charge is 0.306 e. The lowest BCUT2D eigenvalue weighted by Gasteiger charge is -2.12. The maximum atomic E-state index is 11.3. The summed E-state index contributed by atoms with van der Waals surface area (Å²) in [5.41, 5.74) is 1.08. The number of halogens is 1. The van der Waals surface area contributed by atoms with Crippen molar-refractivity contribution in [2.45, 2.75) is 25.0 Å². The number of carbonyl (C=O) groups excluding carboxylic acids is 1. The van der Waals surface area contributed by atoms with Crippen LogP contribution >= 0.6 is 23.4 Å². The summed E-state index contributed by atoms with van der Waals surface area (Å²) < 4.78 is 4.72. The van der Waals surface area contributed by atoms with E-state index in [1.165, 1.54) is 7.11 Å². The maximum Gasteiger partial charge on any atom is 0.306 e. The summed E-state index contributed by atoms with van der Waals surface area (Å²) in [6, 6.07) is 3.62. The summed E-state index contributed by atoms with van der Waals surface area (Å²) in [6.07, 6.45) is 2.76. The van der Waals surface area contributed by atoms with Crippen LogP contribution in [-0.2, 0) is 15.3 Å². The van der Waals surface area contributed by atoms with Crippen LogP contribution < -0.4 is 0 Å². The Hall–Kier alpha value is -0.810. The molecule has 0 unspecified atom stereocenters. The van der Waals surface area contributed by atoms with Gasteiger partial charge in [0.15, 0.2) is 5.15 Å². The first-order valence-corrected chi connectivity index (χ1v) is 7.29. The van der Waals surface area contributed by atoms with Crippen LogP contribution in [0, 0.1) is 5.41 Å². The van der Waals surface area contributed by atoms with Gasteiger partial charge in [-0.05, 0) is 36.1 Å². The molecule has 0 saturated heterocycles. The Morgan fingerprint density at radius 1 is 1.50 bits per heavy atom. The summed E-state index contributed by atoms with van der Waals surface area (Å²) in [4.78, 5) is 11.3. The fraction of sp³-hybridized carbons (Fsp3) is 0.583. The first-order valence-electron chi connectivity index (χ1n) is 5.76. The lowest BCUT2D eigenvalue weighted by molar-refractivity contribution is -0.141. The lowest BCUT2D eigenvalue weighted by atomic mass is 10.1. The van der Waals surface area contributed by atoms with Gasteiger partial charge in [-0.1, -0.05) is 11.6 Å². The second kappa shape index (κ2) is 5.89. The fourth-order valence-corrected chi connectivity index (χ4v) is 3.11. The standard InChI is InChI=1S/C12H15ClN2O2S/c1-17-11(16)6-12(4-5-12)8-18-7-9-2-3-10(13)15-14-9/h2-3H,4-8H2,1H3. The highest BCUT2D eigenvalue weighted by Crippen LogP contribution is 2.51. The van der Waals surface area contributed by atoms with Crippen molar-refractivity contribution >= 4 is 29.3 Å². The zero-order valence-electron chi connectivity index (χ0n) is 10.2. The summed E-state index contributed by atoms with van der Waals surface area (Å²) >= 11 is 7.45. The monoisotopic (exact) mass is 286 g/mol. The summed E-state index contributed by atoms with van der Waals surface area (Å²) in [6.45, 7) is 0. The molecule has 1 aliphatic carbocycles. The van der Waals surface area contributed by atoms with E-state index in [0.29, 0.717) is 11.6 Å². The number of nitrogens with zero attached hydrogens (tertiary/aromatic N) is 2. The highest BCUT2D eigenvalue weighted by molar-refractivity contribution is 7.98. The van der Waals surface area contributed by atoms with Crippen LogP contribution in [0.1, 0.15) is 25.0 Å². The molecule has 0 aliphatic heterocycles. The van der Waals surface area contributed by atoms with E-state index >= 15 is 0 Å². The highest BCUT2D eigenvalue weighted by Gasteiger charge is 2.44. The molecule has 1 aromatic rings. The number of methoxy groups -OCH3 is 1. The molecule has 1 aliphatic rings. The summed E-state index contributed by atoms with van der Waals surface area (Å²) in [5.74, 6) is 1.65. The molecule has 98 valence electrons. The Balaban J connectivity index is 1.75. The Bertz CT molecular complexity index is 421. The van der Waals surface area contributed by atoms with Gasteiger partial charge in [-0.15, -0.1) is 5.10 Å². The van der Waals surface area contributed by atoms with Crippen LogP contribution in [0.3, 0.4) is 0 Å². The summed E-state index contributed by atoms with van der Waals surface area (Å²) in [5, 5.41) is 8.21. The average molecular weight is 287 g/mol. The number of esters is 1. The molecule has 0 atom stereocenters. The van der Waals surface area contributed by atoms with Gasteiger partial charge in [-0.2, -0.15) is 16.9 Å². The molecule has 1 fully saturated rings. The first-order chi connectivity index (χ1) is 8.63. The minimum Gasteiger partial charge on any atom is -0.469 e. The van der Waals surface area contributed by atoms with Gasteiger partial charge < -0.3 is 4.74 Å². The van der Waals surface area contributed by atoms with E-state index in [0.717, 1.165) is 30.0 Å². The number of hydrogen-bond acceptors (Lipinski definition) is 5. The van der Waals surface area contributed by atoms with E-state index in [-0.39, 0.29) is 11.4 Å². The third-order valence-electron chi connectivity index (χ3n) is 3.05. The Morgan fingerprint density at radius 2 is 2.28 bits per heavy atom. The van der Waals surface area contributed by atoms with E-state index in [2.05, 4.69) is 10.2 Å². The van der Waals surface area contributed by atoms with Gasteiger partial charge in [0.1, 0.15) is 0 Å². The average Bonchev–Trinajstić information content (AvgIpc) is 3.11. The van der Waals surface area contributed by atoms with Gasteiger partial charge in [0.25, 0.3) is 0 Å². The van der Waals surface area contributed by atoms with E-state index < -0.39 is 0 Å². The highest BCUT2D eigenvalue weighted by atomic mass is 35.5. The zero-order chi connectivity index (χ0) is 13.0. The van der Waals surface area contributed by atoms with Crippen molar-refractivity contribution in [2.75, 3.05) is 12.9 Å². The first kappa shape index (κ1) is 13.6. The third-order valence-corrected chi connectivity index (χ3v) is 4.57. The largest absolute Gasteiger partial charge is 0.469 e. The van der Waals surface area contributed by atoms with Crippen LogP contribution in [0.4, 0.5) is 0 Å². The minimum absolute atomic E-state index is 0.112. The van der Waals surface area contributed by atoms with Gasteiger partial charge in [0, 0.05) is 5.75 Å². The van der Waals surface area contributed by atoms with Crippen molar-refractivity contribution in [3.05, 3.63) is 23.0 Å². The van der Waals surface area contributed by atoms with Crippen molar-refractivity contribution in [2.24, 2.45) is 5.41 Å². The molecule has 18 heavy (non-hydrogen) atoms. The number of thioether (sulfide) groups is 1. The van der Waals surface area contributed by atoms with Crippen LogP contribution in [0.2, 0.25) is 5.15 Å². The van der Waals surface area contributed by atoms with Crippen molar-refractivity contribution in [3.8, 4) is 0 Å². The Kier molecular flexibility index (Phi) is 4.45. The molecular formula is C12H15ClN2O2S. The molecule has 0 bridgehead atoms. The van der Waals surface area contributed by atoms with Gasteiger partial charge >= 0.3 is 5.97 Å². The molecule has 0 aromatic carbocycles. The van der Waals surface area contributed by atoms with Crippen molar-refractivity contribution in [3.63, 3.8) is 0 Å². The quantitative estimate of drug-likeness (QED) is 0.753. The van der Waals surface area contributed by atoms with Crippen LogP contribution in [0.5, 0.6) is 0 Å². The molecule has 0 amide bonds. The fourth-order valence-electron chi connectivity index (χ4n) is 1.72. The molecule has 1 saturated carbocycles. The molecule has 0 N–H and O–H groups in total. The van der Waals surface area contributed by atoms with Crippen LogP contribution in [0.15, 0.2) is 12.1 Å². The SMILES string of the molecule is COC(=O)CC1(CSCc2ccc(Cl)nn2)CC1. The predicted molar refractivity (Wildman–Crippen MR) is 71.5 cm³/mol. The van der Waals surface area contributed by atoms with Crippen LogP contribution in [0.25, 0.3) is 0 Å². The van der Waals surface area contributed by atoms with Gasteiger partial charge in [0.2, 0.25) is 0 Å².